The van der Waals surface area contributed by atoms with Crippen LogP contribution in [0.15, 0.2) is 43.0 Å². The highest BCUT2D eigenvalue weighted by Gasteiger charge is 1.94. The number of rotatable bonds is 4. The number of hydrogen-bond acceptors (Lipinski definition) is 3. The molecule has 0 aliphatic carbocycles. The molecule has 2 aromatic heterocycles. The van der Waals surface area contributed by atoms with Crippen molar-refractivity contribution in [2.24, 2.45) is 0 Å². The maximum atomic E-state index is 4.16. The van der Waals surface area contributed by atoms with E-state index in [0.29, 0.717) is 0 Å². The number of nitrogens with zero attached hydrogens (tertiary/aromatic N) is 2. The van der Waals surface area contributed by atoms with Crippen LogP contribution in [0, 0.1) is 6.92 Å². The Kier molecular flexibility index (Phi) is 3.62. The molecule has 0 saturated heterocycles. The summed E-state index contributed by atoms with van der Waals surface area (Å²) in [5.74, 6) is 0. The van der Waals surface area contributed by atoms with Crippen LogP contribution in [0.25, 0.3) is 0 Å². The maximum absolute atomic E-state index is 4.16. The fourth-order valence-electron chi connectivity index (χ4n) is 1.57. The van der Waals surface area contributed by atoms with Gasteiger partial charge in [-0.2, -0.15) is 0 Å². The molecule has 0 aromatic carbocycles. The van der Waals surface area contributed by atoms with Crippen LogP contribution in [0.1, 0.15) is 16.7 Å². The Morgan fingerprint density at radius 1 is 1.00 bits per heavy atom. The third-order valence-corrected chi connectivity index (χ3v) is 2.34. The molecule has 82 valence electrons. The van der Waals surface area contributed by atoms with E-state index < -0.39 is 0 Å². The molecule has 3 nitrogen and oxygen atoms in total. The van der Waals surface area contributed by atoms with E-state index in [1.165, 1.54) is 16.7 Å². The summed E-state index contributed by atoms with van der Waals surface area (Å²) in [5, 5.41) is 3.38. The summed E-state index contributed by atoms with van der Waals surface area (Å²) in [6, 6.07) is 6.18. The molecule has 0 saturated carbocycles. The van der Waals surface area contributed by atoms with Gasteiger partial charge in [-0.3, -0.25) is 9.97 Å². The summed E-state index contributed by atoms with van der Waals surface area (Å²) < 4.78 is 0. The van der Waals surface area contributed by atoms with Gasteiger partial charge in [0, 0.05) is 37.9 Å². The summed E-state index contributed by atoms with van der Waals surface area (Å²) in [5.41, 5.74) is 3.66. The van der Waals surface area contributed by atoms with Crippen LogP contribution >= 0.6 is 0 Å². The number of aromatic nitrogens is 2. The quantitative estimate of drug-likeness (QED) is 0.845. The standard InChI is InChI=1S/C13H15N3/c1-11-6-13(9-15-7-11)10-16-8-12-2-4-14-5-3-12/h2-7,9,16H,8,10H2,1H3. The van der Waals surface area contributed by atoms with Crippen molar-refractivity contribution in [3.05, 3.63) is 59.7 Å². The molecule has 0 fully saturated rings. The predicted octanol–water partition coefficient (Wildman–Crippen LogP) is 2.07. The minimum atomic E-state index is 0.844. The summed E-state index contributed by atoms with van der Waals surface area (Å²) in [6.07, 6.45) is 7.38. The Balaban J connectivity index is 1.85. The molecule has 0 aliphatic heterocycles. The van der Waals surface area contributed by atoms with Crippen molar-refractivity contribution < 1.29 is 0 Å². The van der Waals surface area contributed by atoms with E-state index in [1.54, 1.807) is 0 Å². The van der Waals surface area contributed by atoms with E-state index in [2.05, 4.69) is 28.3 Å². The zero-order valence-electron chi connectivity index (χ0n) is 9.35. The third kappa shape index (κ3) is 3.14. The summed E-state index contributed by atoms with van der Waals surface area (Å²) in [6.45, 7) is 3.76. The zero-order valence-corrected chi connectivity index (χ0v) is 9.35. The first-order valence-electron chi connectivity index (χ1n) is 5.35. The lowest BCUT2D eigenvalue weighted by atomic mass is 10.2. The smallest absolute Gasteiger partial charge is 0.0313 e. The molecule has 2 aromatic rings. The lowest BCUT2D eigenvalue weighted by Gasteiger charge is -2.05. The Bertz CT molecular complexity index is 440. The fourth-order valence-corrected chi connectivity index (χ4v) is 1.57. The van der Waals surface area contributed by atoms with Crippen LogP contribution in [0.3, 0.4) is 0 Å². The van der Waals surface area contributed by atoms with Gasteiger partial charge < -0.3 is 5.32 Å². The highest BCUT2D eigenvalue weighted by atomic mass is 14.9. The third-order valence-electron chi connectivity index (χ3n) is 2.34. The van der Waals surface area contributed by atoms with Gasteiger partial charge in [0.25, 0.3) is 0 Å². The lowest BCUT2D eigenvalue weighted by molar-refractivity contribution is 0.690. The molecule has 3 heteroatoms. The summed E-state index contributed by atoms with van der Waals surface area (Å²) >= 11 is 0. The second kappa shape index (κ2) is 5.37. The zero-order chi connectivity index (χ0) is 11.2. The normalized spacial score (nSPS) is 10.3. The molecule has 2 heterocycles. The molecule has 1 N–H and O–H groups in total. The predicted molar refractivity (Wildman–Crippen MR) is 63.8 cm³/mol. The average molecular weight is 213 g/mol. The van der Waals surface area contributed by atoms with E-state index >= 15 is 0 Å². The van der Waals surface area contributed by atoms with Crippen molar-refractivity contribution in [1.29, 1.82) is 0 Å². The van der Waals surface area contributed by atoms with Crippen LogP contribution in [0.4, 0.5) is 0 Å². The van der Waals surface area contributed by atoms with Gasteiger partial charge in [-0.1, -0.05) is 6.07 Å². The molecule has 0 unspecified atom stereocenters. The van der Waals surface area contributed by atoms with Gasteiger partial charge in [-0.25, -0.2) is 0 Å². The van der Waals surface area contributed by atoms with E-state index in [1.807, 2.05) is 36.9 Å². The van der Waals surface area contributed by atoms with Crippen molar-refractivity contribution in [3.8, 4) is 0 Å². The minimum absolute atomic E-state index is 0.844. The molecule has 0 spiro atoms. The van der Waals surface area contributed by atoms with Gasteiger partial charge >= 0.3 is 0 Å². The molecule has 2 rings (SSSR count). The number of hydrogen-bond donors (Lipinski definition) is 1. The van der Waals surface area contributed by atoms with Gasteiger partial charge in [0.15, 0.2) is 0 Å². The van der Waals surface area contributed by atoms with Crippen LogP contribution in [-0.2, 0) is 13.1 Å². The van der Waals surface area contributed by atoms with Gasteiger partial charge in [-0.15, -0.1) is 0 Å². The average Bonchev–Trinajstić information content (AvgIpc) is 2.30. The highest BCUT2D eigenvalue weighted by Crippen LogP contribution is 2.01. The Hall–Kier alpha value is -1.74. The molecule has 0 aliphatic rings. The van der Waals surface area contributed by atoms with Crippen LogP contribution < -0.4 is 5.32 Å². The van der Waals surface area contributed by atoms with Gasteiger partial charge in [0.05, 0.1) is 0 Å². The first-order valence-corrected chi connectivity index (χ1v) is 5.35. The van der Waals surface area contributed by atoms with Gasteiger partial charge in [0.2, 0.25) is 0 Å². The molecule has 0 atom stereocenters. The Labute approximate surface area is 95.6 Å². The second-order valence-corrected chi connectivity index (χ2v) is 3.83. The van der Waals surface area contributed by atoms with Crippen LogP contribution in [0.5, 0.6) is 0 Å². The van der Waals surface area contributed by atoms with Gasteiger partial charge in [-0.05, 0) is 35.7 Å². The first-order chi connectivity index (χ1) is 7.84. The molecule has 0 bridgehead atoms. The Morgan fingerprint density at radius 2 is 1.75 bits per heavy atom. The fraction of sp³-hybridized carbons (Fsp3) is 0.231. The van der Waals surface area contributed by atoms with E-state index in [4.69, 9.17) is 0 Å². The first kappa shape index (κ1) is 10.8. The van der Waals surface area contributed by atoms with Crippen molar-refractivity contribution >= 4 is 0 Å². The lowest BCUT2D eigenvalue weighted by Crippen LogP contribution is -2.12. The topological polar surface area (TPSA) is 37.8 Å². The van der Waals surface area contributed by atoms with Crippen molar-refractivity contribution in [1.82, 2.24) is 15.3 Å². The van der Waals surface area contributed by atoms with Crippen LogP contribution in [0.2, 0.25) is 0 Å². The minimum Gasteiger partial charge on any atom is -0.309 e. The SMILES string of the molecule is Cc1cncc(CNCc2ccncc2)c1. The number of pyridine rings is 2. The number of nitrogens with one attached hydrogen (secondary N) is 1. The maximum Gasteiger partial charge on any atom is 0.0313 e. The summed E-state index contributed by atoms with van der Waals surface area (Å²) in [4.78, 5) is 8.15. The van der Waals surface area contributed by atoms with Crippen LogP contribution in [-0.4, -0.2) is 9.97 Å². The van der Waals surface area contributed by atoms with Gasteiger partial charge in [0.1, 0.15) is 0 Å². The molecular weight excluding hydrogens is 198 g/mol. The van der Waals surface area contributed by atoms with E-state index in [-0.39, 0.29) is 0 Å². The number of aryl methyl sites for hydroxylation is 1. The largest absolute Gasteiger partial charge is 0.309 e. The molecule has 0 radical (unpaired) electrons. The van der Waals surface area contributed by atoms with E-state index in [0.717, 1.165) is 13.1 Å². The Morgan fingerprint density at radius 3 is 2.50 bits per heavy atom. The molecule has 0 amide bonds. The monoisotopic (exact) mass is 213 g/mol. The van der Waals surface area contributed by atoms with Crippen molar-refractivity contribution in [2.75, 3.05) is 0 Å². The molecule has 16 heavy (non-hydrogen) atoms. The van der Waals surface area contributed by atoms with Crippen molar-refractivity contribution in [3.63, 3.8) is 0 Å². The van der Waals surface area contributed by atoms with Crippen molar-refractivity contribution in [2.45, 2.75) is 20.0 Å². The highest BCUT2D eigenvalue weighted by molar-refractivity contribution is 5.16. The van der Waals surface area contributed by atoms with E-state index in [9.17, 15) is 0 Å². The molecular formula is C13H15N3. The second-order valence-electron chi connectivity index (χ2n) is 3.83. The summed E-state index contributed by atoms with van der Waals surface area (Å²) in [7, 11) is 0.